The van der Waals surface area contributed by atoms with Gasteiger partial charge in [-0.15, -0.1) is 12.4 Å². The lowest BCUT2D eigenvalue weighted by atomic mass is 9.99. The summed E-state index contributed by atoms with van der Waals surface area (Å²) >= 11 is 0. The van der Waals surface area contributed by atoms with E-state index in [1.54, 1.807) is 0 Å². The average molecular weight is 336 g/mol. The summed E-state index contributed by atoms with van der Waals surface area (Å²) in [5.41, 5.74) is 4.44. The summed E-state index contributed by atoms with van der Waals surface area (Å²) < 4.78 is 57.8. The van der Waals surface area contributed by atoms with E-state index < -0.39 is 17.6 Å². The molecule has 7 heteroatoms. The van der Waals surface area contributed by atoms with Crippen molar-refractivity contribution in [2.24, 2.45) is 5.73 Å². The van der Waals surface area contributed by atoms with E-state index >= 15 is 0 Å². The van der Waals surface area contributed by atoms with Crippen molar-refractivity contribution >= 4 is 12.4 Å². The predicted octanol–water partition coefficient (Wildman–Crippen LogP) is 4.27. The highest BCUT2D eigenvalue weighted by Crippen LogP contribution is 2.39. The second-order valence-corrected chi connectivity index (χ2v) is 4.35. The number of ether oxygens (including phenoxy) is 1. The first-order valence-corrected chi connectivity index (χ1v) is 6.22. The van der Waals surface area contributed by atoms with E-state index in [1.807, 2.05) is 0 Å². The standard InChI is InChI=1S/C15H13F4NO.ClH/c16-11-3-1-2-10(8-11)13-5-4-12(21-7-6-20)9-14(13)15(17,18)19;/h1-5,8-9H,6-7,20H2;1H. The van der Waals surface area contributed by atoms with Crippen molar-refractivity contribution in [2.75, 3.05) is 13.2 Å². The predicted molar refractivity (Wildman–Crippen MR) is 78.6 cm³/mol. The Labute approximate surface area is 131 Å². The van der Waals surface area contributed by atoms with E-state index in [9.17, 15) is 17.6 Å². The topological polar surface area (TPSA) is 35.2 Å². The van der Waals surface area contributed by atoms with Gasteiger partial charge in [-0.3, -0.25) is 0 Å². The molecule has 0 aliphatic carbocycles. The molecule has 2 nitrogen and oxygen atoms in total. The van der Waals surface area contributed by atoms with Crippen LogP contribution in [-0.2, 0) is 6.18 Å². The monoisotopic (exact) mass is 335 g/mol. The molecule has 2 N–H and O–H groups in total. The van der Waals surface area contributed by atoms with E-state index in [-0.39, 0.29) is 42.4 Å². The van der Waals surface area contributed by atoms with Crippen molar-refractivity contribution < 1.29 is 22.3 Å². The van der Waals surface area contributed by atoms with Gasteiger partial charge in [0.25, 0.3) is 0 Å². The molecule has 0 fully saturated rings. The quantitative estimate of drug-likeness (QED) is 0.847. The van der Waals surface area contributed by atoms with Crippen LogP contribution in [0.4, 0.5) is 17.6 Å². The smallest absolute Gasteiger partial charge is 0.417 e. The molecule has 0 atom stereocenters. The Bertz CT molecular complexity index is 631. The molecule has 0 amide bonds. The van der Waals surface area contributed by atoms with E-state index in [4.69, 9.17) is 10.5 Å². The fourth-order valence-electron chi connectivity index (χ4n) is 1.93. The Morgan fingerprint density at radius 2 is 1.77 bits per heavy atom. The van der Waals surface area contributed by atoms with Crippen LogP contribution < -0.4 is 10.5 Å². The van der Waals surface area contributed by atoms with Gasteiger partial charge in [-0.25, -0.2) is 4.39 Å². The number of halogens is 5. The molecule has 0 spiro atoms. The highest BCUT2D eigenvalue weighted by Gasteiger charge is 2.34. The van der Waals surface area contributed by atoms with Gasteiger partial charge < -0.3 is 10.5 Å². The molecule has 2 rings (SSSR count). The van der Waals surface area contributed by atoms with Gasteiger partial charge in [0.2, 0.25) is 0 Å². The molecule has 2 aromatic carbocycles. The van der Waals surface area contributed by atoms with Gasteiger partial charge in [0.1, 0.15) is 18.2 Å². The lowest BCUT2D eigenvalue weighted by molar-refractivity contribution is -0.137. The minimum Gasteiger partial charge on any atom is -0.492 e. The maximum Gasteiger partial charge on any atom is 0.417 e. The normalized spacial score (nSPS) is 11.0. The molecule has 120 valence electrons. The summed E-state index contributed by atoms with van der Waals surface area (Å²) in [7, 11) is 0. The van der Waals surface area contributed by atoms with Crippen LogP contribution in [0.5, 0.6) is 5.75 Å². The zero-order valence-corrected chi connectivity index (χ0v) is 12.2. The summed E-state index contributed by atoms with van der Waals surface area (Å²) in [4.78, 5) is 0. The molecule has 0 saturated heterocycles. The van der Waals surface area contributed by atoms with Gasteiger partial charge in [-0.1, -0.05) is 18.2 Å². The highest BCUT2D eigenvalue weighted by atomic mass is 35.5. The van der Waals surface area contributed by atoms with Crippen molar-refractivity contribution in [3.63, 3.8) is 0 Å². The SMILES string of the molecule is Cl.NCCOc1ccc(-c2cccc(F)c2)c(C(F)(F)F)c1. The summed E-state index contributed by atoms with van der Waals surface area (Å²) in [6.45, 7) is 0.323. The van der Waals surface area contributed by atoms with E-state index in [1.165, 1.54) is 30.3 Å². The number of hydrogen-bond donors (Lipinski definition) is 1. The molecular formula is C15H14ClF4NO. The van der Waals surface area contributed by atoms with Crippen molar-refractivity contribution in [1.82, 2.24) is 0 Å². The first-order valence-electron chi connectivity index (χ1n) is 6.22. The van der Waals surface area contributed by atoms with Crippen LogP contribution in [-0.4, -0.2) is 13.2 Å². The molecule has 2 aromatic rings. The second kappa shape index (κ2) is 7.47. The summed E-state index contributed by atoms with van der Waals surface area (Å²) in [6.07, 6.45) is -4.57. The summed E-state index contributed by atoms with van der Waals surface area (Å²) in [6, 6.07) is 8.60. The lowest BCUT2D eigenvalue weighted by Gasteiger charge is -2.15. The molecule has 0 unspecified atom stereocenters. The first-order chi connectivity index (χ1) is 9.91. The Balaban J connectivity index is 0.00000242. The molecule has 0 saturated carbocycles. The molecule has 0 aliphatic rings. The van der Waals surface area contributed by atoms with Gasteiger partial charge in [0, 0.05) is 6.54 Å². The van der Waals surface area contributed by atoms with Crippen LogP contribution in [0, 0.1) is 5.82 Å². The summed E-state index contributed by atoms with van der Waals surface area (Å²) in [5.74, 6) is -0.517. The maximum absolute atomic E-state index is 13.2. The van der Waals surface area contributed by atoms with Crippen molar-refractivity contribution in [2.45, 2.75) is 6.18 Å². The van der Waals surface area contributed by atoms with Gasteiger partial charge in [-0.2, -0.15) is 13.2 Å². The fourth-order valence-corrected chi connectivity index (χ4v) is 1.93. The van der Waals surface area contributed by atoms with Crippen LogP contribution in [0.15, 0.2) is 42.5 Å². The van der Waals surface area contributed by atoms with Crippen LogP contribution in [0.3, 0.4) is 0 Å². The van der Waals surface area contributed by atoms with Crippen LogP contribution in [0.2, 0.25) is 0 Å². The van der Waals surface area contributed by atoms with Gasteiger partial charge in [-0.05, 0) is 35.4 Å². The minimum absolute atomic E-state index is 0. The lowest BCUT2D eigenvalue weighted by Crippen LogP contribution is -2.12. The van der Waals surface area contributed by atoms with Gasteiger partial charge >= 0.3 is 6.18 Å². The van der Waals surface area contributed by atoms with Crippen LogP contribution in [0.25, 0.3) is 11.1 Å². The third-order valence-electron chi connectivity index (χ3n) is 2.82. The van der Waals surface area contributed by atoms with Crippen LogP contribution in [0.1, 0.15) is 5.56 Å². The molecular weight excluding hydrogens is 322 g/mol. The Kier molecular flexibility index (Phi) is 6.20. The average Bonchev–Trinajstić information content (AvgIpc) is 2.44. The Morgan fingerprint density at radius 3 is 2.36 bits per heavy atom. The molecule has 0 bridgehead atoms. The van der Waals surface area contributed by atoms with Crippen LogP contribution >= 0.6 is 12.4 Å². The largest absolute Gasteiger partial charge is 0.492 e. The molecule has 0 aromatic heterocycles. The van der Waals surface area contributed by atoms with Crippen molar-refractivity contribution in [3.8, 4) is 16.9 Å². The molecule has 0 aliphatic heterocycles. The fraction of sp³-hybridized carbons (Fsp3) is 0.200. The third-order valence-corrected chi connectivity index (χ3v) is 2.82. The number of nitrogens with two attached hydrogens (primary N) is 1. The van der Waals surface area contributed by atoms with Gasteiger partial charge in [0.15, 0.2) is 0 Å². The molecule has 22 heavy (non-hydrogen) atoms. The second-order valence-electron chi connectivity index (χ2n) is 4.35. The number of benzene rings is 2. The zero-order valence-electron chi connectivity index (χ0n) is 11.4. The Hall–Kier alpha value is -1.79. The Morgan fingerprint density at radius 1 is 1.05 bits per heavy atom. The highest BCUT2D eigenvalue weighted by molar-refractivity contribution is 5.85. The molecule has 0 heterocycles. The minimum atomic E-state index is -4.57. The van der Waals surface area contributed by atoms with Crippen molar-refractivity contribution in [3.05, 3.63) is 53.8 Å². The van der Waals surface area contributed by atoms with E-state index in [0.29, 0.717) is 0 Å². The number of hydrogen-bond acceptors (Lipinski definition) is 2. The third kappa shape index (κ3) is 4.35. The molecule has 0 radical (unpaired) electrons. The first kappa shape index (κ1) is 18.3. The number of rotatable bonds is 4. The van der Waals surface area contributed by atoms with Gasteiger partial charge in [0.05, 0.1) is 5.56 Å². The van der Waals surface area contributed by atoms with Crippen molar-refractivity contribution in [1.29, 1.82) is 0 Å². The summed E-state index contributed by atoms with van der Waals surface area (Å²) in [5, 5.41) is 0. The zero-order chi connectivity index (χ0) is 15.5. The van der Waals surface area contributed by atoms with E-state index in [2.05, 4.69) is 0 Å². The number of alkyl halides is 3. The maximum atomic E-state index is 13.2. The van der Waals surface area contributed by atoms with E-state index in [0.717, 1.165) is 12.1 Å².